The van der Waals surface area contributed by atoms with E-state index in [2.05, 4.69) is 5.48 Å². The number of benzene rings is 1. The summed E-state index contributed by atoms with van der Waals surface area (Å²) in [5, 5.41) is 0. The van der Waals surface area contributed by atoms with Crippen LogP contribution in [0.25, 0.3) is 0 Å². The normalized spacial score (nSPS) is 9.33. The minimum Gasteiger partial charge on any atom is -0.334 e. The number of rotatable bonds is 2. The first-order valence-electron chi connectivity index (χ1n) is 2.77. The highest BCUT2D eigenvalue weighted by Crippen LogP contribution is 2.02. The highest BCUT2D eigenvalue weighted by atomic mass is 28.2. The van der Waals surface area contributed by atoms with Gasteiger partial charge in [0.1, 0.15) is 0 Å². The van der Waals surface area contributed by atoms with Crippen LogP contribution in [-0.4, -0.2) is 10.5 Å². The number of anilines is 1. The van der Waals surface area contributed by atoms with Crippen molar-refractivity contribution in [3.63, 3.8) is 0 Å². The number of para-hydroxylation sites is 1. The van der Waals surface area contributed by atoms with Gasteiger partial charge in [0.2, 0.25) is 0 Å². The van der Waals surface area contributed by atoms with Gasteiger partial charge in [-0.15, -0.1) is 0 Å². The van der Waals surface area contributed by atoms with E-state index in [9.17, 15) is 0 Å². The summed E-state index contributed by atoms with van der Waals surface area (Å²) in [5.74, 6) is 0. The summed E-state index contributed by atoms with van der Waals surface area (Å²) >= 11 is 0. The van der Waals surface area contributed by atoms with E-state index in [0.29, 0.717) is 10.5 Å². The average Bonchev–Trinajstić information content (AvgIpc) is 1.91. The summed E-state index contributed by atoms with van der Waals surface area (Å²) in [4.78, 5) is 0. The number of hydrogen-bond donors (Lipinski definition) is 1. The topological polar surface area (TPSA) is 21.3 Å². The number of hydrogen-bond acceptors (Lipinski definition) is 2. The van der Waals surface area contributed by atoms with E-state index in [0.717, 1.165) is 5.69 Å². The van der Waals surface area contributed by atoms with E-state index in [1.54, 1.807) is 0 Å². The molecule has 0 spiro atoms. The second-order valence-corrected chi connectivity index (χ2v) is 2.08. The van der Waals surface area contributed by atoms with Gasteiger partial charge in [-0.2, -0.15) is 0 Å². The van der Waals surface area contributed by atoms with Gasteiger partial charge in [0.25, 0.3) is 0 Å². The molecule has 0 unspecified atom stereocenters. The Morgan fingerprint density at radius 1 is 1.22 bits per heavy atom. The fourth-order valence-electron chi connectivity index (χ4n) is 0.624. The van der Waals surface area contributed by atoms with Crippen molar-refractivity contribution in [1.82, 2.24) is 0 Å². The lowest BCUT2D eigenvalue weighted by atomic mass is 10.3. The van der Waals surface area contributed by atoms with Crippen LogP contribution in [0, 0.1) is 0 Å². The van der Waals surface area contributed by atoms with Gasteiger partial charge in [0, 0.05) is 0 Å². The molecule has 0 bridgehead atoms. The van der Waals surface area contributed by atoms with Crippen LogP contribution >= 0.6 is 0 Å². The van der Waals surface area contributed by atoms with Gasteiger partial charge in [-0.3, -0.25) is 5.48 Å². The Morgan fingerprint density at radius 3 is 2.44 bits per heavy atom. The summed E-state index contributed by atoms with van der Waals surface area (Å²) in [6, 6.07) is 9.81. The zero-order valence-corrected chi connectivity index (χ0v) is 7.29. The third-order valence-corrected chi connectivity index (χ3v) is 1.20. The van der Waals surface area contributed by atoms with Crippen molar-refractivity contribution in [3.8, 4) is 0 Å². The van der Waals surface area contributed by atoms with Crippen LogP contribution in [0.3, 0.4) is 0 Å². The van der Waals surface area contributed by atoms with E-state index in [1.165, 1.54) is 0 Å². The third kappa shape index (κ3) is 1.87. The minimum atomic E-state index is 0.713. The maximum Gasteiger partial charge on any atom is 0.183 e. The molecule has 1 rings (SSSR count). The molecule has 1 aromatic rings. The lowest BCUT2D eigenvalue weighted by Crippen LogP contribution is -1.95. The third-order valence-electron chi connectivity index (χ3n) is 0.994. The van der Waals surface area contributed by atoms with Crippen molar-refractivity contribution in [3.05, 3.63) is 30.3 Å². The number of nitrogens with one attached hydrogen (secondary N) is 1. The second-order valence-electron chi connectivity index (χ2n) is 1.67. The lowest BCUT2D eigenvalue weighted by Gasteiger charge is -2.00. The van der Waals surface area contributed by atoms with E-state index >= 15 is 0 Å². The molecule has 3 heteroatoms. The van der Waals surface area contributed by atoms with Gasteiger partial charge in [-0.1, -0.05) is 18.2 Å². The Morgan fingerprint density at radius 2 is 1.89 bits per heavy atom. The van der Waals surface area contributed by atoms with Crippen molar-refractivity contribution in [2.24, 2.45) is 0 Å². The highest BCUT2D eigenvalue weighted by molar-refractivity contribution is 5.98. The van der Waals surface area contributed by atoms with Crippen LogP contribution in [0.4, 0.5) is 5.69 Å². The van der Waals surface area contributed by atoms with E-state index in [-0.39, 0.29) is 0 Å². The predicted octanol–water partition coefficient (Wildman–Crippen LogP) is 0.310. The SMILES string of the molecule is [SiH3]ONc1ccccc1. The maximum atomic E-state index is 4.82. The molecule has 0 saturated heterocycles. The summed E-state index contributed by atoms with van der Waals surface area (Å²) < 4.78 is 4.82. The van der Waals surface area contributed by atoms with Gasteiger partial charge in [0.15, 0.2) is 10.5 Å². The summed E-state index contributed by atoms with van der Waals surface area (Å²) in [7, 11) is 0.713. The standard InChI is InChI=1S/C6H9NOSi/c9-8-7-6-4-2-1-3-5-6/h1-5,7H,9H3. The Kier molecular flexibility index (Phi) is 2.29. The molecule has 2 nitrogen and oxygen atoms in total. The van der Waals surface area contributed by atoms with Crippen LogP contribution in [-0.2, 0) is 4.53 Å². The van der Waals surface area contributed by atoms with Gasteiger partial charge in [-0.25, -0.2) is 0 Å². The molecule has 0 aromatic heterocycles. The predicted molar refractivity (Wildman–Crippen MR) is 41.1 cm³/mol. The molecule has 0 aliphatic carbocycles. The maximum absolute atomic E-state index is 4.82. The Balaban J connectivity index is 2.61. The highest BCUT2D eigenvalue weighted by Gasteiger charge is 1.81. The lowest BCUT2D eigenvalue weighted by molar-refractivity contribution is 0.448. The fourth-order valence-corrected chi connectivity index (χ4v) is 0.860. The van der Waals surface area contributed by atoms with E-state index < -0.39 is 0 Å². The first-order chi connectivity index (χ1) is 4.43. The zero-order chi connectivity index (χ0) is 6.53. The molecule has 48 valence electrons. The molecule has 1 N–H and O–H groups in total. The van der Waals surface area contributed by atoms with Gasteiger partial charge in [0.05, 0.1) is 5.69 Å². The molecule has 0 amide bonds. The average molecular weight is 139 g/mol. The quantitative estimate of drug-likeness (QED) is 0.470. The van der Waals surface area contributed by atoms with Crippen molar-refractivity contribution in [2.75, 3.05) is 5.48 Å². The second kappa shape index (κ2) is 3.27. The monoisotopic (exact) mass is 139 g/mol. The van der Waals surface area contributed by atoms with Crippen molar-refractivity contribution in [1.29, 1.82) is 0 Å². The molecular formula is C6H9NOSi. The fraction of sp³-hybridized carbons (Fsp3) is 0. The summed E-state index contributed by atoms with van der Waals surface area (Å²) in [6.07, 6.45) is 0. The molecule has 0 saturated carbocycles. The van der Waals surface area contributed by atoms with Crippen molar-refractivity contribution in [2.45, 2.75) is 0 Å². The zero-order valence-electron chi connectivity index (χ0n) is 5.29. The van der Waals surface area contributed by atoms with Crippen LogP contribution in [0.15, 0.2) is 30.3 Å². The van der Waals surface area contributed by atoms with Gasteiger partial charge in [-0.05, 0) is 12.1 Å². The first-order valence-corrected chi connectivity index (χ1v) is 3.59. The molecule has 0 aliphatic heterocycles. The Hall–Kier alpha value is -0.803. The van der Waals surface area contributed by atoms with Gasteiger partial charge < -0.3 is 4.53 Å². The first kappa shape index (κ1) is 6.32. The Bertz CT molecular complexity index is 166. The van der Waals surface area contributed by atoms with Crippen molar-refractivity contribution < 1.29 is 4.53 Å². The molecule has 0 heterocycles. The molecule has 1 aromatic carbocycles. The minimum absolute atomic E-state index is 0.713. The van der Waals surface area contributed by atoms with Crippen LogP contribution in [0.1, 0.15) is 0 Å². The van der Waals surface area contributed by atoms with Gasteiger partial charge >= 0.3 is 0 Å². The summed E-state index contributed by atoms with van der Waals surface area (Å²) in [5.41, 5.74) is 3.78. The van der Waals surface area contributed by atoms with Crippen LogP contribution in [0.5, 0.6) is 0 Å². The molecule has 0 atom stereocenters. The van der Waals surface area contributed by atoms with E-state index in [1.807, 2.05) is 30.3 Å². The Labute approximate surface area is 57.3 Å². The molecule has 0 radical (unpaired) electrons. The summed E-state index contributed by atoms with van der Waals surface area (Å²) in [6.45, 7) is 0. The smallest absolute Gasteiger partial charge is 0.183 e. The largest absolute Gasteiger partial charge is 0.334 e. The molecule has 9 heavy (non-hydrogen) atoms. The van der Waals surface area contributed by atoms with E-state index in [4.69, 9.17) is 4.53 Å². The molecule has 0 fully saturated rings. The van der Waals surface area contributed by atoms with Crippen LogP contribution in [0.2, 0.25) is 0 Å². The van der Waals surface area contributed by atoms with Crippen molar-refractivity contribution >= 4 is 16.2 Å². The van der Waals surface area contributed by atoms with Crippen LogP contribution < -0.4 is 5.48 Å². The molecular weight excluding hydrogens is 130 g/mol. The molecule has 0 aliphatic rings.